The minimum Gasteiger partial charge on any atom is -0.508 e. The van der Waals surface area contributed by atoms with Gasteiger partial charge in [-0.15, -0.1) is 0 Å². The third kappa shape index (κ3) is 7.70. The zero-order valence-electron chi connectivity index (χ0n) is 21.8. The van der Waals surface area contributed by atoms with E-state index in [1.807, 2.05) is 43.3 Å². The number of anilines is 1. The Bertz CT molecular complexity index is 1250. The molecule has 0 fully saturated rings. The van der Waals surface area contributed by atoms with Gasteiger partial charge in [-0.3, -0.25) is 9.59 Å². The molecule has 0 aliphatic carbocycles. The van der Waals surface area contributed by atoms with Crippen LogP contribution in [-0.2, 0) is 14.3 Å². The highest BCUT2D eigenvalue weighted by atomic mass is 16.6. The number of unbranched alkanes of at least 4 members (excludes halogenated alkanes) is 1. The van der Waals surface area contributed by atoms with Crippen molar-refractivity contribution in [3.63, 3.8) is 0 Å². The van der Waals surface area contributed by atoms with Crippen molar-refractivity contribution in [3.05, 3.63) is 72.3 Å². The van der Waals surface area contributed by atoms with Crippen molar-refractivity contribution < 1.29 is 24.2 Å². The van der Waals surface area contributed by atoms with E-state index >= 15 is 0 Å². The lowest BCUT2D eigenvalue weighted by molar-refractivity contribution is -0.138. The maximum Gasteiger partial charge on any atom is 0.408 e. The number of carbonyl (C=O) groups excluding carboxylic acids is 3. The van der Waals surface area contributed by atoms with Gasteiger partial charge in [-0.05, 0) is 56.2 Å². The molecule has 37 heavy (non-hydrogen) atoms. The molecule has 8 nitrogen and oxygen atoms in total. The van der Waals surface area contributed by atoms with E-state index < -0.39 is 29.6 Å². The van der Waals surface area contributed by atoms with Crippen LogP contribution >= 0.6 is 0 Å². The molecule has 0 heterocycles. The highest BCUT2D eigenvalue weighted by Gasteiger charge is 2.33. The lowest BCUT2D eigenvalue weighted by Gasteiger charge is -2.32. The molecule has 0 aromatic heterocycles. The second kappa shape index (κ2) is 12.3. The van der Waals surface area contributed by atoms with E-state index in [-0.39, 0.29) is 18.8 Å². The molecule has 3 aromatic carbocycles. The summed E-state index contributed by atoms with van der Waals surface area (Å²) in [6, 6.07) is 18.7. The van der Waals surface area contributed by atoms with Gasteiger partial charge < -0.3 is 25.4 Å². The smallest absolute Gasteiger partial charge is 0.408 e. The van der Waals surface area contributed by atoms with E-state index in [1.54, 1.807) is 45.0 Å². The predicted octanol–water partition coefficient (Wildman–Crippen LogP) is 5.38. The van der Waals surface area contributed by atoms with Crippen LogP contribution in [0.5, 0.6) is 5.75 Å². The standard InChI is InChI=1S/C29H35N3O5/c1-5-6-17-32(25(34)19-30-28(36)37-29(2,3)4)26(23-13-9-10-14-24(23)33)27(35)31-22-16-15-20-11-7-8-12-21(20)18-22/h7-16,18,26,33H,5-6,17,19H2,1-4H3,(H,30,36)(H,31,35). The van der Waals surface area contributed by atoms with Gasteiger partial charge in [0.15, 0.2) is 0 Å². The number of carbonyl (C=O) groups is 3. The first-order valence-electron chi connectivity index (χ1n) is 12.4. The molecule has 0 aliphatic heterocycles. The predicted molar refractivity (Wildman–Crippen MR) is 144 cm³/mol. The molecular formula is C29H35N3O5. The fourth-order valence-electron chi connectivity index (χ4n) is 3.94. The van der Waals surface area contributed by atoms with Gasteiger partial charge in [-0.1, -0.05) is 61.9 Å². The number of phenolic OH excluding ortho intramolecular Hbond substituents is 1. The van der Waals surface area contributed by atoms with E-state index in [0.717, 1.165) is 17.2 Å². The number of hydrogen-bond acceptors (Lipinski definition) is 5. The summed E-state index contributed by atoms with van der Waals surface area (Å²) in [5, 5.41) is 18.0. The van der Waals surface area contributed by atoms with Gasteiger partial charge in [0.25, 0.3) is 5.91 Å². The summed E-state index contributed by atoms with van der Waals surface area (Å²) < 4.78 is 5.23. The van der Waals surface area contributed by atoms with Crippen LogP contribution in [0, 0.1) is 0 Å². The van der Waals surface area contributed by atoms with E-state index in [2.05, 4.69) is 10.6 Å². The molecule has 0 radical (unpaired) electrons. The summed E-state index contributed by atoms with van der Waals surface area (Å²) in [5.41, 5.74) is 0.147. The molecule has 0 aliphatic rings. The first-order chi connectivity index (χ1) is 17.6. The fourth-order valence-corrected chi connectivity index (χ4v) is 3.94. The number of nitrogens with zero attached hydrogens (tertiary/aromatic N) is 1. The Labute approximate surface area is 217 Å². The summed E-state index contributed by atoms with van der Waals surface area (Å²) >= 11 is 0. The van der Waals surface area contributed by atoms with Gasteiger partial charge >= 0.3 is 6.09 Å². The number of ether oxygens (including phenoxy) is 1. The number of fused-ring (bicyclic) bond motifs is 1. The van der Waals surface area contributed by atoms with Crippen LogP contribution in [0.15, 0.2) is 66.7 Å². The Morgan fingerprint density at radius 1 is 0.973 bits per heavy atom. The maximum absolute atomic E-state index is 13.7. The van der Waals surface area contributed by atoms with E-state index in [0.29, 0.717) is 17.7 Å². The van der Waals surface area contributed by atoms with E-state index in [1.165, 1.54) is 11.0 Å². The van der Waals surface area contributed by atoms with Crippen LogP contribution in [0.1, 0.15) is 52.1 Å². The van der Waals surface area contributed by atoms with Crippen LogP contribution in [0.25, 0.3) is 10.8 Å². The molecule has 3 aromatic rings. The Kier molecular flexibility index (Phi) is 9.11. The molecule has 3 rings (SSSR count). The lowest BCUT2D eigenvalue weighted by atomic mass is 10.0. The third-order valence-corrected chi connectivity index (χ3v) is 5.66. The van der Waals surface area contributed by atoms with Gasteiger partial charge in [0.1, 0.15) is 23.9 Å². The number of benzene rings is 3. The first-order valence-corrected chi connectivity index (χ1v) is 12.4. The third-order valence-electron chi connectivity index (χ3n) is 5.66. The zero-order valence-corrected chi connectivity index (χ0v) is 21.8. The van der Waals surface area contributed by atoms with Crippen LogP contribution in [0.4, 0.5) is 10.5 Å². The van der Waals surface area contributed by atoms with Crippen LogP contribution in [0.2, 0.25) is 0 Å². The topological polar surface area (TPSA) is 108 Å². The second-order valence-corrected chi connectivity index (χ2v) is 9.81. The summed E-state index contributed by atoms with van der Waals surface area (Å²) in [7, 11) is 0. The number of para-hydroxylation sites is 1. The lowest BCUT2D eigenvalue weighted by Crippen LogP contribution is -2.47. The SMILES string of the molecule is CCCCN(C(=O)CNC(=O)OC(C)(C)C)C(C(=O)Nc1ccc2ccccc2c1)c1ccccc1O. The van der Waals surface area contributed by atoms with Crippen molar-refractivity contribution in [1.82, 2.24) is 10.2 Å². The Balaban J connectivity index is 1.91. The highest BCUT2D eigenvalue weighted by molar-refractivity contribution is 6.00. The van der Waals surface area contributed by atoms with Crippen molar-refractivity contribution in [2.24, 2.45) is 0 Å². The molecule has 0 saturated heterocycles. The fraction of sp³-hybridized carbons (Fsp3) is 0.345. The Morgan fingerprint density at radius 3 is 2.32 bits per heavy atom. The molecule has 3 N–H and O–H groups in total. The number of alkyl carbamates (subject to hydrolysis) is 1. The van der Waals surface area contributed by atoms with Crippen molar-refractivity contribution in [2.45, 2.75) is 52.2 Å². The molecule has 0 spiro atoms. The second-order valence-electron chi connectivity index (χ2n) is 9.81. The van der Waals surface area contributed by atoms with E-state index in [9.17, 15) is 19.5 Å². The Hall–Kier alpha value is -4.07. The molecule has 196 valence electrons. The van der Waals surface area contributed by atoms with Crippen molar-refractivity contribution >= 4 is 34.4 Å². The van der Waals surface area contributed by atoms with Gasteiger partial charge in [0, 0.05) is 17.8 Å². The average Bonchev–Trinajstić information content (AvgIpc) is 2.84. The maximum atomic E-state index is 13.7. The Morgan fingerprint density at radius 2 is 1.65 bits per heavy atom. The molecule has 1 atom stereocenters. The van der Waals surface area contributed by atoms with Crippen molar-refractivity contribution in [1.29, 1.82) is 0 Å². The number of rotatable bonds is 9. The number of nitrogens with one attached hydrogen (secondary N) is 2. The monoisotopic (exact) mass is 505 g/mol. The molecule has 3 amide bonds. The minimum atomic E-state index is -1.12. The van der Waals surface area contributed by atoms with E-state index in [4.69, 9.17) is 4.74 Å². The number of aromatic hydroxyl groups is 1. The molecule has 0 bridgehead atoms. The normalized spacial score (nSPS) is 12.0. The molecule has 8 heteroatoms. The van der Waals surface area contributed by atoms with Crippen LogP contribution < -0.4 is 10.6 Å². The molecular weight excluding hydrogens is 470 g/mol. The number of hydrogen-bond donors (Lipinski definition) is 3. The summed E-state index contributed by atoms with van der Waals surface area (Å²) in [5.74, 6) is -1.05. The minimum absolute atomic E-state index is 0.101. The first kappa shape index (κ1) is 27.5. The van der Waals surface area contributed by atoms with Gasteiger partial charge in [-0.25, -0.2) is 4.79 Å². The van der Waals surface area contributed by atoms with Gasteiger partial charge in [0.2, 0.25) is 5.91 Å². The average molecular weight is 506 g/mol. The largest absolute Gasteiger partial charge is 0.508 e. The highest BCUT2D eigenvalue weighted by Crippen LogP contribution is 2.31. The molecule has 0 saturated carbocycles. The van der Waals surface area contributed by atoms with Crippen molar-refractivity contribution in [3.8, 4) is 5.75 Å². The van der Waals surface area contributed by atoms with Crippen LogP contribution in [0.3, 0.4) is 0 Å². The summed E-state index contributed by atoms with van der Waals surface area (Å²) in [6.45, 7) is 7.07. The summed E-state index contributed by atoms with van der Waals surface area (Å²) in [4.78, 5) is 40.6. The van der Waals surface area contributed by atoms with Crippen LogP contribution in [-0.4, -0.2) is 46.6 Å². The molecule has 1 unspecified atom stereocenters. The summed E-state index contributed by atoms with van der Waals surface area (Å²) in [6.07, 6.45) is 0.685. The number of amides is 3. The quantitative estimate of drug-likeness (QED) is 0.362. The number of phenols is 1. The van der Waals surface area contributed by atoms with Gasteiger partial charge in [0.05, 0.1) is 0 Å². The zero-order chi connectivity index (χ0) is 27.0. The van der Waals surface area contributed by atoms with Crippen molar-refractivity contribution in [2.75, 3.05) is 18.4 Å². The van der Waals surface area contributed by atoms with Gasteiger partial charge in [-0.2, -0.15) is 0 Å².